The van der Waals surface area contributed by atoms with Crippen LogP contribution in [-0.4, -0.2) is 0 Å². The van der Waals surface area contributed by atoms with E-state index in [1.165, 1.54) is 78.0 Å². The van der Waals surface area contributed by atoms with Crippen LogP contribution in [0.5, 0.6) is 0 Å². The van der Waals surface area contributed by atoms with Crippen LogP contribution in [0.15, 0.2) is 202 Å². The van der Waals surface area contributed by atoms with Crippen LogP contribution in [-0.2, 0) is 0 Å². The molecule has 0 nitrogen and oxygen atoms in total. The highest BCUT2D eigenvalue weighted by molar-refractivity contribution is 6.05. The van der Waals surface area contributed by atoms with Gasteiger partial charge >= 0.3 is 0 Å². The highest BCUT2D eigenvalue weighted by Crippen LogP contribution is 2.44. The molecule has 0 saturated carbocycles. The summed E-state index contributed by atoms with van der Waals surface area (Å²) >= 11 is 0. The second kappa shape index (κ2) is 16.4. The third-order valence-electron chi connectivity index (χ3n) is 11.1. The third-order valence-corrected chi connectivity index (χ3v) is 11.1. The van der Waals surface area contributed by atoms with Gasteiger partial charge in [-0.25, -0.2) is 0 Å². The zero-order valence-electron chi connectivity index (χ0n) is 30.5. The lowest BCUT2D eigenvalue weighted by Gasteiger charge is -2.27. The quantitative estimate of drug-likeness (QED) is 0.232. The molecular formula is C52H50. The molecule has 0 bridgehead atoms. The molecular weight excluding hydrogens is 625 g/mol. The number of benzene rings is 2. The molecule has 258 valence electrons. The van der Waals surface area contributed by atoms with E-state index in [9.17, 15) is 0 Å². The number of rotatable bonds is 9. The zero-order chi connectivity index (χ0) is 35.0. The summed E-state index contributed by atoms with van der Waals surface area (Å²) in [6.07, 6.45) is 53.4. The van der Waals surface area contributed by atoms with Crippen molar-refractivity contribution < 1.29 is 0 Å². The summed E-state index contributed by atoms with van der Waals surface area (Å²) in [5, 5.41) is 0. The van der Waals surface area contributed by atoms with Crippen LogP contribution >= 0.6 is 0 Å². The molecule has 0 unspecified atom stereocenters. The highest BCUT2D eigenvalue weighted by Gasteiger charge is 2.24. The maximum atomic E-state index is 2.48. The Bertz CT molecular complexity index is 2120. The lowest BCUT2D eigenvalue weighted by atomic mass is 9.77. The fourth-order valence-corrected chi connectivity index (χ4v) is 8.49. The van der Waals surface area contributed by atoms with E-state index in [1.807, 2.05) is 0 Å². The molecule has 0 atom stereocenters. The van der Waals surface area contributed by atoms with E-state index in [4.69, 9.17) is 0 Å². The van der Waals surface area contributed by atoms with E-state index in [-0.39, 0.29) is 0 Å². The van der Waals surface area contributed by atoms with Gasteiger partial charge in [0.15, 0.2) is 0 Å². The Hall–Kier alpha value is -5.20. The normalized spacial score (nSPS) is 20.8. The van der Waals surface area contributed by atoms with Crippen molar-refractivity contribution in [1.82, 2.24) is 0 Å². The third kappa shape index (κ3) is 7.54. The van der Waals surface area contributed by atoms with Crippen molar-refractivity contribution in [3.8, 4) is 0 Å². The van der Waals surface area contributed by atoms with Gasteiger partial charge in [0.2, 0.25) is 0 Å². The van der Waals surface area contributed by atoms with Gasteiger partial charge in [-0.05, 0) is 155 Å². The van der Waals surface area contributed by atoms with E-state index in [0.717, 1.165) is 77.0 Å². The monoisotopic (exact) mass is 674 g/mol. The first-order valence-corrected chi connectivity index (χ1v) is 19.7. The first-order valence-electron chi connectivity index (χ1n) is 19.7. The SMILES string of the molecule is C1=CCCC(C(C2=CCCC=C2)=C(C2=CCCC=C2)C2=CC=C(c3ccc(C(C4=CCCC=C4)=C(C4=CC=CCC4)c4ccccc4)cc3)CC2)=C1. The summed E-state index contributed by atoms with van der Waals surface area (Å²) in [5.74, 6) is 0. The molecule has 6 aliphatic carbocycles. The Morgan fingerprint density at radius 3 is 1.37 bits per heavy atom. The molecule has 0 saturated heterocycles. The van der Waals surface area contributed by atoms with Gasteiger partial charge < -0.3 is 0 Å². The number of hydrogen-bond donors (Lipinski definition) is 0. The summed E-state index contributed by atoms with van der Waals surface area (Å²) in [6.45, 7) is 0. The largest absolute Gasteiger partial charge is 0.0842 e. The van der Waals surface area contributed by atoms with E-state index in [2.05, 4.69) is 158 Å². The summed E-state index contributed by atoms with van der Waals surface area (Å²) in [4.78, 5) is 0. The van der Waals surface area contributed by atoms with Gasteiger partial charge in [-0.2, -0.15) is 0 Å². The Labute approximate surface area is 311 Å². The molecule has 2 aromatic carbocycles. The summed E-state index contributed by atoms with van der Waals surface area (Å²) in [5.41, 5.74) is 19.4. The Balaban J connectivity index is 1.19. The highest BCUT2D eigenvalue weighted by atomic mass is 14.3. The molecule has 0 heteroatoms. The van der Waals surface area contributed by atoms with Gasteiger partial charge in [0.1, 0.15) is 0 Å². The van der Waals surface area contributed by atoms with Crippen LogP contribution in [0.25, 0.3) is 16.7 Å². The topological polar surface area (TPSA) is 0 Å². The van der Waals surface area contributed by atoms with E-state index < -0.39 is 0 Å². The van der Waals surface area contributed by atoms with Crippen molar-refractivity contribution in [1.29, 1.82) is 0 Å². The molecule has 52 heavy (non-hydrogen) atoms. The zero-order valence-corrected chi connectivity index (χ0v) is 30.5. The lowest BCUT2D eigenvalue weighted by molar-refractivity contribution is 0.938. The molecule has 8 rings (SSSR count). The fourth-order valence-electron chi connectivity index (χ4n) is 8.49. The Kier molecular flexibility index (Phi) is 10.7. The van der Waals surface area contributed by atoms with E-state index in [1.54, 1.807) is 0 Å². The predicted molar refractivity (Wildman–Crippen MR) is 224 cm³/mol. The first kappa shape index (κ1) is 33.9. The molecule has 2 aromatic rings. The van der Waals surface area contributed by atoms with Crippen LogP contribution in [0.2, 0.25) is 0 Å². The van der Waals surface area contributed by atoms with Crippen LogP contribution in [0.1, 0.15) is 93.7 Å². The summed E-state index contributed by atoms with van der Waals surface area (Å²) < 4.78 is 0. The minimum atomic E-state index is 1.04. The summed E-state index contributed by atoms with van der Waals surface area (Å²) in [6, 6.07) is 20.5. The van der Waals surface area contributed by atoms with Crippen LogP contribution in [0.4, 0.5) is 0 Å². The Morgan fingerprint density at radius 2 is 0.885 bits per heavy atom. The van der Waals surface area contributed by atoms with Crippen molar-refractivity contribution in [2.24, 2.45) is 0 Å². The fraction of sp³-hybridized carbons (Fsp3) is 0.231. The Morgan fingerprint density at radius 1 is 0.365 bits per heavy atom. The average Bonchev–Trinajstić information content (AvgIpc) is 3.24. The minimum Gasteiger partial charge on any atom is -0.0842 e. The molecule has 0 spiro atoms. The number of allylic oxidation sites excluding steroid dienone is 28. The van der Waals surface area contributed by atoms with Gasteiger partial charge in [-0.15, -0.1) is 0 Å². The molecule has 6 aliphatic rings. The molecule has 0 amide bonds. The lowest BCUT2D eigenvalue weighted by Crippen LogP contribution is -2.08. The van der Waals surface area contributed by atoms with Crippen LogP contribution in [0.3, 0.4) is 0 Å². The van der Waals surface area contributed by atoms with Crippen LogP contribution < -0.4 is 0 Å². The minimum absolute atomic E-state index is 1.04. The standard InChI is InChI=1S/C52H50/c1-7-19-41(20-8-1)49(42-21-9-2-10-22-42)51(45-27-15-5-16-28-45)47-35-31-39(32-36-47)40-33-37-48(38-34-40)52(46-29-17-6-18-30-46)50(43-23-11-3-12-24-43)44-25-13-4-14-26-44/h1-3,7-9,11,13,15,17,19-21,23,25-33,35-37H,4-6,10,12,14,16,18,22,24,34,38H2. The maximum absolute atomic E-state index is 2.48. The molecule has 0 aliphatic heterocycles. The molecule has 0 fully saturated rings. The summed E-state index contributed by atoms with van der Waals surface area (Å²) in [7, 11) is 0. The van der Waals surface area contributed by atoms with Crippen LogP contribution in [0, 0.1) is 0 Å². The second-order valence-electron chi connectivity index (χ2n) is 14.6. The van der Waals surface area contributed by atoms with Crippen molar-refractivity contribution in [3.63, 3.8) is 0 Å². The van der Waals surface area contributed by atoms with Gasteiger partial charge in [0, 0.05) is 0 Å². The predicted octanol–water partition coefficient (Wildman–Crippen LogP) is 14.4. The second-order valence-corrected chi connectivity index (χ2v) is 14.6. The molecule has 0 heterocycles. The van der Waals surface area contributed by atoms with Crippen molar-refractivity contribution >= 4 is 16.7 Å². The smallest absolute Gasteiger partial charge is 0.00334 e. The van der Waals surface area contributed by atoms with E-state index in [0.29, 0.717) is 0 Å². The van der Waals surface area contributed by atoms with Crippen molar-refractivity contribution in [2.75, 3.05) is 0 Å². The van der Waals surface area contributed by atoms with Gasteiger partial charge in [0.25, 0.3) is 0 Å². The molecule has 0 N–H and O–H groups in total. The molecule has 0 aromatic heterocycles. The van der Waals surface area contributed by atoms with Crippen molar-refractivity contribution in [2.45, 2.75) is 77.0 Å². The van der Waals surface area contributed by atoms with Gasteiger partial charge in [-0.3, -0.25) is 0 Å². The number of hydrogen-bond acceptors (Lipinski definition) is 0. The van der Waals surface area contributed by atoms with Crippen molar-refractivity contribution in [3.05, 3.63) is 219 Å². The average molecular weight is 675 g/mol. The maximum Gasteiger partial charge on any atom is -0.00334 e. The van der Waals surface area contributed by atoms with E-state index >= 15 is 0 Å². The molecule has 0 radical (unpaired) electrons. The first-order chi connectivity index (χ1) is 25.8. The van der Waals surface area contributed by atoms with Gasteiger partial charge in [-0.1, -0.05) is 158 Å². The van der Waals surface area contributed by atoms with Gasteiger partial charge in [0.05, 0.1) is 0 Å².